The largest absolute Gasteiger partial charge is 0.487 e. The first-order valence-corrected chi connectivity index (χ1v) is 10.00. The molecule has 0 aliphatic rings. The molecular formula is C22H21N3O2S. The van der Waals surface area contributed by atoms with Crippen LogP contribution in [0, 0.1) is 6.92 Å². The normalized spacial score (nSPS) is 10.9. The lowest BCUT2D eigenvalue weighted by Gasteiger charge is -2.08. The summed E-state index contributed by atoms with van der Waals surface area (Å²) in [6.45, 7) is 4.51. The third-order valence-electron chi connectivity index (χ3n) is 4.52. The number of amides is 1. The molecule has 3 heterocycles. The molecule has 0 saturated carbocycles. The molecule has 28 heavy (non-hydrogen) atoms. The minimum Gasteiger partial charge on any atom is -0.487 e. The Balaban J connectivity index is 1.42. The molecule has 0 bridgehead atoms. The van der Waals surface area contributed by atoms with Crippen molar-refractivity contribution in [2.24, 2.45) is 0 Å². The van der Waals surface area contributed by atoms with Gasteiger partial charge in [-0.05, 0) is 49.2 Å². The highest BCUT2D eigenvalue weighted by Gasteiger charge is 2.12. The molecule has 4 aromatic rings. The number of benzene rings is 1. The van der Waals surface area contributed by atoms with E-state index in [-0.39, 0.29) is 5.91 Å². The highest BCUT2D eigenvalue weighted by Crippen LogP contribution is 2.24. The molecule has 5 nitrogen and oxygen atoms in total. The maximum absolute atomic E-state index is 12.5. The van der Waals surface area contributed by atoms with E-state index in [1.165, 1.54) is 21.8 Å². The van der Waals surface area contributed by atoms with Crippen LogP contribution in [-0.2, 0) is 13.0 Å². The Morgan fingerprint density at radius 3 is 2.89 bits per heavy atom. The van der Waals surface area contributed by atoms with Gasteiger partial charge in [-0.3, -0.25) is 4.79 Å². The van der Waals surface area contributed by atoms with Crippen LogP contribution < -0.4 is 10.1 Å². The quantitative estimate of drug-likeness (QED) is 0.498. The Kier molecular flexibility index (Phi) is 5.12. The third-order valence-corrected chi connectivity index (χ3v) is 5.61. The maximum atomic E-state index is 12.5. The van der Waals surface area contributed by atoms with Gasteiger partial charge in [-0.1, -0.05) is 19.1 Å². The highest BCUT2D eigenvalue weighted by atomic mass is 32.1. The van der Waals surface area contributed by atoms with E-state index in [0.717, 1.165) is 22.6 Å². The van der Waals surface area contributed by atoms with Crippen LogP contribution in [0.3, 0.4) is 0 Å². The molecule has 142 valence electrons. The van der Waals surface area contributed by atoms with Crippen molar-refractivity contribution >= 4 is 28.6 Å². The van der Waals surface area contributed by atoms with Crippen LogP contribution in [0.2, 0.25) is 0 Å². The van der Waals surface area contributed by atoms with Crippen molar-refractivity contribution in [2.45, 2.75) is 26.9 Å². The van der Waals surface area contributed by atoms with Crippen molar-refractivity contribution in [1.82, 2.24) is 9.38 Å². The number of fused-ring (bicyclic) bond motifs is 1. The number of hydrogen-bond donors (Lipinski definition) is 1. The molecule has 4 rings (SSSR count). The van der Waals surface area contributed by atoms with Gasteiger partial charge in [0.15, 0.2) is 0 Å². The third kappa shape index (κ3) is 3.92. The van der Waals surface area contributed by atoms with E-state index in [0.29, 0.717) is 18.0 Å². The average Bonchev–Trinajstić information content (AvgIpc) is 3.29. The molecule has 0 aliphatic heterocycles. The van der Waals surface area contributed by atoms with Crippen LogP contribution in [0.4, 0.5) is 5.69 Å². The monoisotopic (exact) mass is 391 g/mol. The molecule has 6 heteroatoms. The van der Waals surface area contributed by atoms with Crippen LogP contribution in [0.15, 0.2) is 60.9 Å². The molecule has 0 saturated heterocycles. The van der Waals surface area contributed by atoms with Gasteiger partial charge in [-0.2, -0.15) is 0 Å². The number of imidazole rings is 1. The van der Waals surface area contributed by atoms with Crippen molar-refractivity contribution in [3.8, 4) is 5.75 Å². The van der Waals surface area contributed by atoms with Gasteiger partial charge >= 0.3 is 0 Å². The predicted octanol–water partition coefficient (Wildman–Crippen LogP) is 5.10. The molecule has 1 amide bonds. The van der Waals surface area contributed by atoms with Crippen LogP contribution >= 0.6 is 11.3 Å². The summed E-state index contributed by atoms with van der Waals surface area (Å²) >= 11 is 1.53. The van der Waals surface area contributed by atoms with Gasteiger partial charge in [0.1, 0.15) is 18.0 Å². The molecule has 0 atom stereocenters. The summed E-state index contributed by atoms with van der Waals surface area (Å²) in [6, 6.07) is 15.3. The fourth-order valence-electron chi connectivity index (χ4n) is 3.05. The van der Waals surface area contributed by atoms with Gasteiger partial charge in [0.05, 0.1) is 10.6 Å². The van der Waals surface area contributed by atoms with E-state index in [1.807, 2.05) is 72.2 Å². The molecule has 1 N–H and O–H groups in total. The summed E-state index contributed by atoms with van der Waals surface area (Å²) in [6.07, 6.45) is 4.84. The standard InChI is InChI=1S/C22H21N3O2S/c1-3-16-11-20(28-15(16)2)22(26)24-17-7-6-8-19(12-17)27-14-18-13-25-10-5-4-9-21(25)23-18/h4-13H,3,14H2,1-2H3,(H,24,26). The lowest BCUT2D eigenvalue weighted by molar-refractivity contribution is 0.103. The molecule has 0 fully saturated rings. The minimum absolute atomic E-state index is 0.0923. The second kappa shape index (κ2) is 7.86. The predicted molar refractivity (Wildman–Crippen MR) is 112 cm³/mol. The molecule has 0 radical (unpaired) electrons. The smallest absolute Gasteiger partial charge is 0.265 e. The molecule has 0 unspecified atom stereocenters. The average molecular weight is 391 g/mol. The Labute approximate surface area is 167 Å². The van der Waals surface area contributed by atoms with Crippen LogP contribution in [0.25, 0.3) is 5.65 Å². The second-order valence-electron chi connectivity index (χ2n) is 6.51. The number of aryl methyl sites for hydroxylation is 2. The minimum atomic E-state index is -0.0923. The van der Waals surface area contributed by atoms with Gasteiger partial charge in [-0.25, -0.2) is 4.98 Å². The molecular weight excluding hydrogens is 370 g/mol. The van der Waals surface area contributed by atoms with E-state index < -0.39 is 0 Å². The van der Waals surface area contributed by atoms with Gasteiger partial charge < -0.3 is 14.5 Å². The van der Waals surface area contributed by atoms with Gasteiger partial charge in [-0.15, -0.1) is 11.3 Å². The summed E-state index contributed by atoms with van der Waals surface area (Å²) in [4.78, 5) is 19.0. The molecule has 0 aliphatic carbocycles. The number of carbonyl (C=O) groups is 1. The summed E-state index contributed by atoms with van der Waals surface area (Å²) in [7, 11) is 0. The van der Waals surface area contributed by atoms with Crippen molar-refractivity contribution < 1.29 is 9.53 Å². The van der Waals surface area contributed by atoms with E-state index in [2.05, 4.69) is 17.2 Å². The molecule has 1 aromatic carbocycles. The Bertz CT molecular complexity index is 1100. The van der Waals surface area contributed by atoms with Crippen molar-refractivity contribution in [2.75, 3.05) is 5.32 Å². The zero-order valence-electron chi connectivity index (χ0n) is 15.8. The number of ether oxygens (including phenoxy) is 1. The fraction of sp³-hybridized carbons (Fsp3) is 0.182. The van der Waals surface area contributed by atoms with E-state index in [1.54, 1.807) is 0 Å². The Hall–Kier alpha value is -3.12. The maximum Gasteiger partial charge on any atom is 0.265 e. The zero-order chi connectivity index (χ0) is 19.5. The molecule has 3 aromatic heterocycles. The number of pyridine rings is 1. The first-order valence-electron chi connectivity index (χ1n) is 9.18. The summed E-state index contributed by atoms with van der Waals surface area (Å²) in [5.41, 5.74) is 3.67. The Morgan fingerprint density at radius 1 is 1.21 bits per heavy atom. The number of carbonyl (C=O) groups excluding carboxylic acids is 1. The topological polar surface area (TPSA) is 55.6 Å². The van der Waals surface area contributed by atoms with Gasteiger partial charge in [0.2, 0.25) is 0 Å². The first kappa shape index (κ1) is 18.3. The van der Waals surface area contributed by atoms with Gasteiger partial charge in [0, 0.05) is 29.0 Å². The van der Waals surface area contributed by atoms with Crippen LogP contribution in [0.5, 0.6) is 5.75 Å². The van der Waals surface area contributed by atoms with Gasteiger partial charge in [0.25, 0.3) is 5.91 Å². The number of nitrogens with zero attached hydrogens (tertiary/aromatic N) is 2. The van der Waals surface area contributed by atoms with Crippen LogP contribution in [-0.4, -0.2) is 15.3 Å². The number of aromatic nitrogens is 2. The van der Waals surface area contributed by atoms with Crippen molar-refractivity contribution in [3.05, 3.63) is 81.9 Å². The number of hydrogen-bond acceptors (Lipinski definition) is 4. The zero-order valence-corrected chi connectivity index (χ0v) is 16.6. The number of anilines is 1. The van der Waals surface area contributed by atoms with E-state index >= 15 is 0 Å². The summed E-state index contributed by atoms with van der Waals surface area (Å²) in [5, 5.41) is 2.95. The Morgan fingerprint density at radius 2 is 2.11 bits per heavy atom. The SMILES string of the molecule is CCc1cc(C(=O)Nc2cccc(OCc3cn4ccccc4n3)c2)sc1C. The second-order valence-corrected chi connectivity index (χ2v) is 7.77. The van der Waals surface area contributed by atoms with E-state index in [9.17, 15) is 4.79 Å². The summed E-state index contributed by atoms with van der Waals surface area (Å²) < 4.78 is 7.83. The lowest BCUT2D eigenvalue weighted by atomic mass is 10.2. The van der Waals surface area contributed by atoms with Crippen molar-refractivity contribution in [1.29, 1.82) is 0 Å². The molecule has 0 spiro atoms. The number of thiophene rings is 1. The lowest BCUT2D eigenvalue weighted by Crippen LogP contribution is -2.10. The van der Waals surface area contributed by atoms with Crippen LogP contribution in [0.1, 0.15) is 32.7 Å². The highest BCUT2D eigenvalue weighted by molar-refractivity contribution is 7.14. The number of nitrogens with one attached hydrogen (secondary N) is 1. The number of rotatable bonds is 6. The fourth-order valence-corrected chi connectivity index (χ4v) is 4.06. The van der Waals surface area contributed by atoms with Crippen molar-refractivity contribution in [3.63, 3.8) is 0 Å². The summed E-state index contributed by atoms with van der Waals surface area (Å²) in [5.74, 6) is 0.594. The van der Waals surface area contributed by atoms with E-state index in [4.69, 9.17) is 4.74 Å². The first-order chi connectivity index (χ1) is 13.6.